The number of esters is 1. The Morgan fingerprint density at radius 3 is 2.53 bits per heavy atom. The summed E-state index contributed by atoms with van der Waals surface area (Å²) < 4.78 is 5.19. The number of carboxylic acid groups (broad SMARTS) is 1. The van der Waals surface area contributed by atoms with Crippen LogP contribution in [0.3, 0.4) is 0 Å². The molecule has 1 aromatic carbocycles. The first-order chi connectivity index (χ1) is 14.4. The molecule has 0 saturated carbocycles. The fraction of sp³-hybridized carbons (Fsp3) is 0.609. The van der Waals surface area contributed by atoms with E-state index >= 15 is 0 Å². The van der Waals surface area contributed by atoms with Gasteiger partial charge in [0.25, 0.3) is 0 Å². The summed E-state index contributed by atoms with van der Waals surface area (Å²) in [6.07, 6.45) is 5.18. The second-order valence-electron chi connectivity index (χ2n) is 7.81. The molecule has 1 amide bonds. The molecule has 0 bridgehead atoms. The van der Waals surface area contributed by atoms with Crippen molar-refractivity contribution >= 4 is 17.8 Å². The lowest BCUT2D eigenvalue weighted by Crippen LogP contribution is -2.55. The van der Waals surface area contributed by atoms with Gasteiger partial charge in [-0.1, -0.05) is 49.6 Å². The van der Waals surface area contributed by atoms with E-state index in [0.29, 0.717) is 25.8 Å². The maximum Gasteiger partial charge on any atom is 0.326 e. The van der Waals surface area contributed by atoms with Crippen LogP contribution in [0, 0.1) is 0 Å². The molecule has 1 aliphatic heterocycles. The summed E-state index contributed by atoms with van der Waals surface area (Å²) in [6.45, 7) is 4.13. The molecule has 2 unspecified atom stereocenters. The number of nitrogens with zero attached hydrogens (tertiary/aromatic N) is 1. The molecule has 7 nitrogen and oxygen atoms in total. The number of benzene rings is 1. The number of likely N-dealkylation sites (tertiary alicyclic amines) is 1. The van der Waals surface area contributed by atoms with E-state index in [1.807, 2.05) is 30.3 Å². The van der Waals surface area contributed by atoms with E-state index in [2.05, 4.69) is 5.32 Å². The highest BCUT2D eigenvalue weighted by molar-refractivity contribution is 5.87. The Morgan fingerprint density at radius 1 is 1.17 bits per heavy atom. The highest BCUT2D eigenvalue weighted by Crippen LogP contribution is 2.18. The Bertz CT molecular complexity index is 694. The SMILES string of the molecule is CCOC(=O)C(CCc1ccccc1)N[C@@H](C)C(=O)N1CCCCCCC1C(=O)O. The van der Waals surface area contributed by atoms with Gasteiger partial charge in [-0.3, -0.25) is 14.9 Å². The van der Waals surface area contributed by atoms with Gasteiger partial charge in [0.2, 0.25) is 5.91 Å². The Labute approximate surface area is 178 Å². The molecule has 2 rings (SSSR count). The van der Waals surface area contributed by atoms with E-state index in [1.165, 1.54) is 4.90 Å². The number of hydrogen-bond acceptors (Lipinski definition) is 5. The predicted molar refractivity (Wildman–Crippen MR) is 114 cm³/mol. The minimum Gasteiger partial charge on any atom is -0.480 e. The normalized spacial score (nSPS) is 19.3. The number of hydrogen-bond donors (Lipinski definition) is 2. The van der Waals surface area contributed by atoms with Crippen molar-refractivity contribution in [3.8, 4) is 0 Å². The van der Waals surface area contributed by atoms with E-state index in [1.54, 1.807) is 13.8 Å². The van der Waals surface area contributed by atoms with Crippen LogP contribution in [0.15, 0.2) is 30.3 Å². The van der Waals surface area contributed by atoms with Gasteiger partial charge in [0, 0.05) is 6.54 Å². The fourth-order valence-corrected chi connectivity index (χ4v) is 3.90. The molecule has 0 radical (unpaired) electrons. The van der Waals surface area contributed by atoms with E-state index in [-0.39, 0.29) is 12.5 Å². The third-order valence-electron chi connectivity index (χ3n) is 5.53. The maximum absolute atomic E-state index is 13.1. The van der Waals surface area contributed by atoms with Gasteiger partial charge in [0.15, 0.2) is 0 Å². The number of carboxylic acids is 1. The second kappa shape index (κ2) is 12.3. The number of rotatable bonds is 9. The smallest absolute Gasteiger partial charge is 0.326 e. The molecule has 1 aliphatic rings. The molecule has 0 aliphatic carbocycles. The monoisotopic (exact) mass is 418 g/mol. The lowest BCUT2D eigenvalue weighted by Gasteiger charge is -2.34. The van der Waals surface area contributed by atoms with Gasteiger partial charge in [-0.25, -0.2) is 4.79 Å². The lowest BCUT2D eigenvalue weighted by atomic mass is 10.0. The fourth-order valence-electron chi connectivity index (χ4n) is 3.90. The number of amides is 1. The Balaban J connectivity index is 2.07. The van der Waals surface area contributed by atoms with Crippen LogP contribution in [0.4, 0.5) is 0 Å². The van der Waals surface area contributed by atoms with Crippen molar-refractivity contribution in [2.75, 3.05) is 13.2 Å². The van der Waals surface area contributed by atoms with Crippen LogP contribution in [0.1, 0.15) is 57.9 Å². The molecule has 0 spiro atoms. The van der Waals surface area contributed by atoms with Crippen LogP contribution < -0.4 is 5.32 Å². The Hall–Kier alpha value is -2.41. The molecular formula is C23H34N2O5. The molecule has 166 valence electrons. The van der Waals surface area contributed by atoms with Crippen molar-refractivity contribution in [1.82, 2.24) is 10.2 Å². The average molecular weight is 419 g/mol. The van der Waals surface area contributed by atoms with Crippen molar-refractivity contribution in [3.63, 3.8) is 0 Å². The minimum atomic E-state index is -0.969. The van der Waals surface area contributed by atoms with Crippen LogP contribution in [0.2, 0.25) is 0 Å². The van der Waals surface area contributed by atoms with Crippen molar-refractivity contribution < 1.29 is 24.2 Å². The van der Waals surface area contributed by atoms with Gasteiger partial charge in [-0.15, -0.1) is 0 Å². The third kappa shape index (κ3) is 7.13. The van der Waals surface area contributed by atoms with Crippen molar-refractivity contribution in [3.05, 3.63) is 35.9 Å². The molecule has 1 aromatic rings. The first kappa shape index (κ1) is 23.9. The lowest BCUT2D eigenvalue weighted by molar-refractivity contribution is -0.152. The number of aliphatic carboxylic acids is 1. The largest absolute Gasteiger partial charge is 0.480 e. The molecule has 7 heteroatoms. The molecule has 1 saturated heterocycles. The molecule has 2 N–H and O–H groups in total. The summed E-state index contributed by atoms with van der Waals surface area (Å²) in [6, 6.07) is 7.69. The van der Waals surface area contributed by atoms with Crippen LogP contribution in [0.25, 0.3) is 0 Å². The van der Waals surface area contributed by atoms with Crippen molar-refractivity contribution in [2.24, 2.45) is 0 Å². The summed E-state index contributed by atoms with van der Waals surface area (Å²) in [7, 11) is 0. The van der Waals surface area contributed by atoms with Crippen molar-refractivity contribution in [1.29, 1.82) is 0 Å². The van der Waals surface area contributed by atoms with Gasteiger partial charge in [0.05, 0.1) is 12.6 Å². The molecular weight excluding hydrogens is 384 g/mol. The van der Waals surface area contributed by atoms with Gasteiger partial charge in [-0.2, -0.15) is 0 Å². The molecule has 30 heavy (non-hydrogen) atoms. The summed E-state index contributed by atoms with van der Waals surface area (Å²) in [5.74, 6) is -1.64. The van der Waals surface area contributed by atoms with Gasteiger partial charge < -0.3 is 14.7 Å². The van der Waals surface area contributed by atoms with E-state index in [4.69, 9.17) is 4.74 Å². The number of aryl methyl sites for hydroxylation is 1. The number of ether oxygens (including phenoxy) is 1. The first-order valence-corrected chi connectivity index (χ1v) is 10.9. The highest BCUT2D eigenvalue weighted by atomic mass is 16.5. The number of carbonyl (C=O) groups excluding carboxylic acids is 2. The zero-order chi connectivity index (χ0) is 21.9. The molecule has 1 heterocycles. The van der Waals surface area contributed by atoms with Crippen LogP contribution >= 0.6 is 0 Å². The van der Waals surface area contributed by atoms with Gasteiger partial charge in [0.1, 0.15) is 12.1 Å². The van der Waals surface area contributed by atoms with E-state index in [9.17, 15) is 19.5 Å². The van der Waals surface area contributed by atoms with Crippen LogP contribution in [-0.2, 0) is 25.5 Å². The summed E-state index contributed by atoms with van der Waals surface area (Å²) >= 11 is 0. The third-order valence-corrected chi connectivity index (χ3v) is 5.53. The Kier molecular flexibility index (Phi) is 9.80. The summed E-state index contributed by atoms with van der Waals surface area (Å²) in [4.78, 5) is 38.8. The van der Waals surface area contributed by atoms with Crippen LogP contribution in [-0.4, -0.2) is 59.1 Å². The summed E-state index contributed by atoms with van der Waals surface area (Å²) in [5.41, 5.74) is 1.10. The van der Waals surface area contributed by atoms with Gasteiger partial charge in [-0.05, 0) is 45.1 Å². The number of carbonyl (C=O) groups is 3. The molecule has 1 fully saturated rings. The number of nitrogens with one attached hydrogen (secondary N) is 1. The van der Waals surface area contributed by atoms with Crippen molar-refractivity contribution in [2.45, 2.75) is 76.9 Å². The van der Waals surface area contributed by atoms with E-state index in [0.717, 1.165) is 31.2 Å². The quantitative estimate of drug-likeness (QED) is 0.599. The molecule has 3 atom stereocenters. The standard InChI is InChI=1S/C23H34N2O5/c1-3-30-23(29)19(15-14-18-11-7-6-8-12-18)24-17(2)21(26)25-16-10-5-4-9-13-20(25)22(27)28/h6-8,11-12,17,19-20,24H,3-5,9-10,13-16H2,1-2H3,(H,27,28)/t17-,19?,20?/m0/s1. The second-order valence-corrected chi connectivity index (χ2v) is 7.81. The van der Waals surface area contributed by atoms with E-state index < -0.39 is 30.1 Å². The zero-order valence-electron chi connectivity index (χ0n) is 18.0. The average Bonchev–Trinajstić information content (AvgIpc) is 2.71. The maximum atomic E-state index is 13.1. The predicted octanol–water partition coefficient (Wildman–Crippen LogP) is 2.77. The highest BCUT2D eigenvalue weighted by Gasteiger charge is 2.34. The zero-order valence-corrected chi connectivity index (χ0v) is 18.0. The topological polar surface area (TPSA) is 95.9 Å². The van der Waals surface area contributed by atoms with Crippen LogP contribution in [0.5, 0.6) is 0 Å². The molecule has 0 aromatic heterocycles. The minimum absolute atomic E-state index is 0.262. The Morgan fingerprint density at radius 2 is 1.87 bits per heavy atom. The van der Waals surface area contributed by atoms with Gasteiger partial charge >= 0.3 is 11.9 Å². The first-order valence-electron chi connectivity index (χ1n) is 10.9. The summed E-state index contributed by atoms with van der Waals surface area (Å²) in [5, 5.41) is 12.7.